The number of aromatic nitrogens is 3. The summed E-state index contributed by atoms with van der Waals surface area (Å²) in [5.74, 6) is -0.756. The van der Waals surface area contributed by atoms with Crippen LogP contribution in [0.3, 0.4) is 0 Å². The summed E-state index contributed by atoms with van der Waals surface area (Å²) in [4.78, 5) is 38.9. The van der Waals surface area contributed by atoms with E-state index in [9.17, 15) is 27.9 Å². The zero-order valence-electron chi connectivity index (χ0n) is 26.2. The Bertz CT molecular complexity index is 1710. The van der Waals surface area contributed by atoms with Gasteiger partial charge in [-0.1, -0.05) is 32.1 Å². The van der Waals surface area contributed by atoms with Gasteiger partial charge in [-0.3, -0.25) is 14.3 Å². The third-order valence-electron chi connectivity index (χ3n) is 7.49. The average Bonchev–Trinajstić information content (AvgIpc) is 3.45. The number of carbonyl (C=O) groups is 3. The number of aryl methyl sites for hydroxylation is 1. The SMILES string of the molecule is COc1c(NC(=O)c2ccc(C)c(-n3cc(C(=O)NCC4CCCN(C(=O)O)C4)nn3)c2)cc(C(C)(C)C)cc1NS(C)(=O)=O. The number of anilines is 2. The third-order valence-corrected chi connectivity index (χ3v) is 8.08. The summed E-state index contributed by atoms with van der Waals surface area (Å²) in [7, 11) is -2.25. The van der Waals surface area contributed by atoms with Gasteiger partial charge in [-0.15, -0.1) is 5.10 Å². The lowest BCUT2D eigenvalue weighted by Gasteiger charge is -2.30. The zero-order chi connectivity index (χ0) is 33.1. The van der Waals surface area contributed by atoms with Crippen molar-refractivity contribution in [2.45, 2.75) is 46.0 Å². The molecule has 1 atom stereocenters. The van der Waals surface area contributed by atoms with E-state index in [4.69, 9.17) is 4.74 Å². The number of hydrogen-bond acceptors (Lipinski definition) is 8. The number of piperidine rings is 1. The molecule has 1 unspecified atom stereocenters. The number of rotatable bonds is 9. The van der Waals surface area contributed by atoms with Crippen LogP contribution >= 0.6 is 0 Å². The molecule has 242 valence electrons. The van der Waals surface area contributed by atoms with Crippen LogP contribution in [-0.4, -0.2) is 84.3 Å². The highest BCUT2D eigenvalue weighted by atomic mass is 32.2. The molecule has 4 rings (SSSR count). The molecule has 1 aromatic heterocycles. The summed E-state index contributed by atoms with van der Waals surface area (Å²) in [6.07, 6.45) is 3.08. The molecule has 3 amide bonds. The maximum Gasteiger partial charge on any atom is 0.407 e. The summed E-state index contributed by atoms with van der Waals surface area (Å²) in [6.45, 7) is 8.88. The lowest BCUT2D eigenvalue weighted by Crippen LogP contribution is -2.43. The van der Waals surface area contributed by atoms with Crippen molar-refractivity contribution < 1.29 is 32.6 Å². The van der Waals surface area contributed by atoms with Crippen LogP contribution in [0.5, 0.6) is 5.75 Å². The Kier molecular flexibility index (Phi) is 9.71. The fraction of sp³-hybridized carbons (Fsp3) is 0.433. The van der Waals surface area contributed by atoms with Crippen molar-refractivity contribution >= 4 is 39.3 Å². The first kappa shape index (κ1) is 33.2. The maximum absolute atomic E-state index is 13.5. The van der Waals surface area contributed by atoms with Gasteiger partial charge in [-0.25, -0.2) is 17.9 Å². The molecule has 45 heavy (non-hydrogen) atoms. The van der Waals surface area contributed by atoms with Crippen LogP contribution in [0, 0.1) is 12.8 Å². The standard InChI is InChI=1S/C30H39N7O7S/c1-18-9-10-20(27(38)32-22-13-21(30(2,3)4)14-23(26(22)44-5)34-45(6,42)43)12-25(18)37-17-24(33-35-37)28(39)31-15-19-8-7-11-36(16-19)29(40)41/h9-10,12-14,17,19,34H,7-8,11,15-16H2,1-6H3,(H,31,39)(H,32,38)(H,40,41). The van der Waals surface area contributed by atoms with E-state index in [-0.39, 0.29) is 39.7 Å². The molecule has 0 aliphatic carbocycles. The van der Waals surface area contributed by atoms with Crippen LogP contribution in [0.4, 0.5) is 16.2 Å². The van der Waals surface area contributed by atoms with Gasteiger partial charge in [0.05, 0.1) is 36.6 Å². The number of sulfonamides is 1. The number of carbonyl (C=O) groups excluding carboxylic acids is 2. The molecule has 4 N–H and O–H groups in total. The minimum atomic E-state index is -3.64. The van der Waals surface area contributed by atoms with E-state index in [1.165, 1.54) is 22.9 Å². The Balaban J connectivity index is 1.54. The van der Waals surface area contributed by atoms with Crippen molar-refractivity contribution in [3.8, 4) is 11.4 Å². The largest absolute Gasteiger partial charge is 0.492 e. The minimum Gasteiger partial charge on any atom is -0.492 e. The van der Waals surface area contributed by atoms with Crippen LogP contribution in [0.25, 0.3) is 5.69 Å². The van der Waals surface area contributed by atoms with Gasteiger partial charge in [0.25, 0.3) is 11.8 Å². The van der Waals surface area contributed by atoms with Crippen molar-refractivity contribution in [2.24, 2.45) is 5.92 Å². The Morgan fingerprint density at radius 3 is 2.47 bits per heavy atom. The Morgan fingerprint density at radius 1 is 1.11 bits per heavy atom. The molecule has 0 spiro atoms. The second kappa shape index (κ2) is 13.1. The zero-order valence-corrected chi connectivity index (χ0v) is 27.0. The van der Waals surface area contributed by atoms with Gasteiger partial charge in [-0.2, -0.15) is 0 Å². The van der Waals surface area contributed by atoms with E-state index in [0.29, 0.717) is 25.3 Å². The third kappa shape index (κ3) is 8.29. The van der Waals surface area contributed by atoms with Gasteiger partial charge in [0.15, 0.2) is 11.4 Å². The Morgan fingerprint density at radius 2 is 1.82 bits per heavy atom. The molecule has 1 aliphatic rings. The lowest BCUT2D eigenvalue weighted by molar-refractivity contribution is 0.0923. The topological polar surface area (TPSA) is 185 Å². The molecule has 2 aromatic carbocycles. The van der Waals surface area contributed by atoms with E-state index in [1.807, 2.05) is 27.7 Å². The molecular formula is C30H39N7O7S. The fourth-order valence-electron chi connectivity index (χ4n) is 5.06. The molecular weight excluding hydrogens is 602 g/mol. The van der Waals surface area contributed by atoms with E-state index >= 15 is 0 Å². The summed E-state index contributed by atoms with van der Waals surface area (Å²) in [5, 5.41) is 23.0. The number of hydrogen-bond donors (Lipinski definition) is 4. The van der Waals surface area contributed by atoms with E-state index in [1.54, 1.807) is 30.3 Å². The lowest BCUT2D eigenvalue weighted by atomic mass is 9.86. The van der Waals surface area contributed by atoms with Crippen LogP contribution in [0.2, 0.25) is 0 Å². The molecule has 0 radical (unpaired) electrons. The molecule has 1 fully saturated rings. The summed E-state index contributed by atoms with van der Waals surface area (Å²) in [6, 6.07) is 8.41. The molecule has 14 nitrogen and oxygen atoms in total. The normalized spacial score (nSPS) is 15.3. The molecule has 15 heteroatoms. The van der Waals surface area contributed by atoms with E-state index < -0.39 is 27.9 Å². The van der Waals surface area contributed by atoms with Crippen LogP contribution in [-0.2, 0) is 15.4 Å². The number of methoxy groups -OCH3 is 1. The number of nitrogens with zero attached hydrogens (tertiary/aromatic N) is 4. The second-order valence-corrected chi connectivity index (χ2v) is 13.9. The quantitative estimate of drug-likeness (QED) is 0.271. The van der Waals surface area contributed by atoms with Crippen molar-refractivity contribution in [1.82, 2.24) is 25.2 Å². The number of carboxylic acid groups (broad SMARTS) is 1. The van der Waals surface area contributed by atoms with Gasteiger partial charge < -0.3 is 25.4 Å². The number of likely N-dealkylation sites (tertiary alicyclic amines) is 1. The molecule has 0 bridgehead atoms. The highest BCUT2D eigenvalue weighted by Gasteiger charge is 2.25. The summed E-state index contributed by atoms with van der Waals surface area (Å²) >= 11 is 0. The smallest absolute Gasteiger partial charge is 0.407 e. The average molecular weight is 642 g/mol. The van der Waals surface area contributed by atoms with Crippen LogP contribution in [0.15, 0.2) is 36.5 Å². The first-order valence-corrected chi connectivity index (χ1v) is 16.3. The van der Waals surface area contributed by atoms with Crippen molar-refractivity contribution in [2.75, 3.05) is 43.0 Å². The minimum absolute atomic E-state index is 0.00670. The predicted molar refractivity (Wildman–Crippen MR) is 169 cm³/mol. The highest BCUT2D eigenvalue weighted by molar-refractivity contribution is 7.92. The van der Waals surface area contributed by atoms with Crippen molar-refractivity contribution in [1.29, 1.82) is 0 Å². The second-order valence-electron chi connectivity index (χ2n) is 12.2. The molecule has 1 aliphatic heterocycles. The Labute approximate surface area is 262 Å². The van der Waals surface area contributed by atoms with Gasteiger partial charge in [0.1, 0.15) is 0 Å². The van der Waals surface area contributed by atoms with Crippen LogP contribution in [0.1, 0.15) is 65.6 Å². The number of nitrogens with one attached hydrogen (secondary N) is 3. The molecule has 2 heterocycles. The van der Waals surface area contributed by atoms with Gasteiger partial charge in [0, 0.05) is 25.2 Å². The highest BCUT2D eigenvalue weighted by Crippen LogP contribution is 2.39. The van der Waals surface area contributed by atoms with Crippen molar-refractivity contribution in [3.63, 3.8) is 0 Å². The first-order valence-electron chi connectivity index (χ1n) is 14.4. The summed E-state index contributed by atoms with van der Waals surface area (Å²) < 4.78 is 33.5. The van der Waals surface area contributed by atoms with Gasteiger partial charge in [-0.05, 0) is 66.5 Å². The fourth-order valence-corrected chi connectivity index (χ4v) is 5.61. The molecule has 0 saturated carbocycles. The predicted octanol–water partition coefficient (Wildman–Crippen LogP) is 3.63. The summed E-state index contributed by atoms with van der Waals surface area (Å²) in [5.41, 5.74) is 2.52. The Hall–Kier alpha value is -4.66. The van der Waals surface area contributed by atoms with Crippen molar-refractivity contribution in [3.05, 3.63) is 58.9 Å². The van der Waals surface area contributed by atoms with E-state index in [0.717, 1.165) is 30.2 Å². The molecule has 3 aromatic rings. The number of amides is 3. The maximum atomic E-state index is 13.5. The van der Waals surface area contributed by atoms with E-state index in [2.05, 4.69) is 25.7 Å². The van der Waals surface area contributed by atoms with Gasteiger partial charge >= 0.3 is 6.09 Å². The first-order chi connectivity index (χ1) is 21.1. The number of ether oxygens (including phenoxy) is 1. The number of benzene rings is 2. The monoisotopic (exact) mass is 641 g/mol. The van der Waals surface area contributed by atoms with Gasteiger partial charge in [0.2, 0.25) is 10.0 Å². The molecule has 1 saturated heterocycles. The van der Waals surface area contributed by atoms with Crippen LogP contribution < -0.4 is 20.1 Å².